The van der Waals surface area contributed by atoms with Crippen molar-refractivity contribution in [3.05, 3.63) is 24.3 Å². The van der Waals surface area contributed by atoms with Gasteiger partial charge in [-0.3, -0.25) is 14.4 Å². The van der Waals surface area contributed by atoms with E-state index in [0.29, 0.717) is 12.8 Å². The lowest BCUT2D eigenvalue weighted by Crippen LogP contribution is -2.41. The highest BCUT2D eigenvalue weighted by Gasteiger charge is 2.18. The van der Waals surface area contributed by atoms with E-state index >= 15 is 0 Å². The van der Waals surface area contributed by atoms with E-state index in [1.165, 1.54) is 199 Å². The summed E-state index contributed by atoms with van der Waals surface area (Å²) < 4.78 is 11.4. The third kappa shape index (κ3) is 50.8. The summed E-state index contributed by atoms with van der Waals surface area (Å²) in [4.78, 5) is 38.2. The van der Waals surface area contributed by atoms with Crippen molar-refractivity contribution in [1.29, 1.82) is 0 Å². The largest absolute Gasteiger partial charge is 0.462 e. The summed E-state index contributed by atoms with van der Waals surface area (Å²) in [5, 5.41) is 6.17. The predicted molar refractivity (Wildman–Crippen MR) is 276 cm³/mol. The molecule has 1 amide bonds. The van der Waals surface area contributed by atoms with E-state index in [4.69, 9.17) is 9.47 Å². The van der Waals surface area contributed by atoms with Crippen LogP contribution in [0, 0.1) is 0 Å². The number of ether oxygens (including phenoxy) is 2. The average Bonchev–Trinajstić information content (AvgIpc) is 3.29. The van der Waals surface area contributed by atoms with Crippen LogP contribution >= 0.6 is 0 Å². The fourth-order valence-electron chi connectivity index (χ4n) is 8.25. The van der Waals surface area contributed by atoms with Crippen molar-refractivity contribution in [1.82, 2.24) is 10.6 Å². The predicted octanol–water partition coefficient (Wildman–Crippen LogP) is 16.7. The van der Waals surface area contributed by atoms with Crippen LogP contribution in [0.2, 0.25) is 0 Å². The quantitative estimate of drug-likeness (QED) is 0.0359. The maximum Gasteiger partial charge on any atom is 0.306 e. The minimum absolute atomic E-state index is 0.0330. The lowest BCUT2D eigenvalue weighted by Gasteiger charge is -2.19. The monoisotopic (exact) mass is 901 g/mol. The summed E-state index contributed by atoms with van der Waals surface area (Å²) in [6, 6.07) is 0. The van der Waals surface area contributed by atoms with Gasteiger partial charge in [-0.15, -0.1) is 0 Å². The standard InChI is InChI=1S/C57H108N2O5/c1-4-7-10-13-16-19-22-25-28-30-33-36-39-42-45-48-56(61)63-53-54(64-57(62)49-46-43-40-37-34-31-29-26-23-20-17-14-11-8-5-2)51-59-55(60)52-58-50-47-44-41-38-35-32-27-24-21-18-15-12-9-6-3/h25-26,28-29,54,58H,4-24,27,30-53H2,1-3H3,(H,59,60)/b28-25-,29-26-. The number of nitrogens with one attached hydrogen (secondary N) is 2. The van der Waals surface area contributed by atoms with Crippen LogP contribution in [0.1, 0.15) is 290 Å². The number of unbranched alkanes of at least 4 members (excludes halogenated alkanes) is 35. The molecule has 64 heavy (non-hydrogen) atoms. The van der Waals surface area contributed by atoms with Crippen LogP contribution in [0.15, 0.2) is 24.3 Å². The molecule has 376 valence electrons. The van der Waals surface area contributed by atoms with Crippen molar-refractivity contribution in [3.8, 4) is 0 Å². The molecule has 0 aliphatic heterocycles. The third-order valence-electron chi connectivity index (χ3n) is 12.5. The fraction of sp³-hybridized carbons (Fsp3) is 0.877. The molecule has 0 aliphatic carbocycles. The minimum Gasteiger partial charge on any atom is -0.462 e. The molecule has 1 unspecified atom stereocenters. The topological polar surface area (TPSA) is 93.7 Å². The van der Waals surface area contributed by atoms with Gasteiger partial charge < -0.3 is 20.1 Å². The number of esters is 2. The molecule has 0 aromatic heterocycles. The Morgan fingerprint density at radius 3 is 1.12 bits per heavy atom. The maximum absolute atomic E-state index is 12.8. The molecular formula is C57H108N2O5. The number of allylic oxidation sites excluding steroid dienone is 4. The second-order valence-electron chi connectivity index (χ2n) is 19.0. The van der Waals surface area contributed by atoms with Gasteiger partial charge in [-0.25, -0.2) is 0 Å². The number of carbonyl (C=O) groups excluding carboxylic acids is 3. The second kappa shape index (κ2) is 53.5. The van der Waals surface area contributed by atoms with Gasteiger partial charge in [-0.2, -0.15) is 0 Å². The van der Waals surface area contributed by atoms with Crippen molar-refractivity contribution in [2.24, 2.45) is 0 Å². The van der Waals surface area contributed by atoms with E-state index in [1.807, 2.05) is 0 Å². The van der Waals surface area contributed by atoms with Crippen molar-refractivity contribution < 1.29 is 23.9 Å². The lowest BCUT2D eigenvalue weighted by molar-refractivity contribution is -0.159. The first-order valence-corrected chi connectivity index (χ1v) is 28.2. The first-order chi connectivity index (χ1) is 31.5. The van der Waals surface area contributed by atoms with Crippen molar-refractivity contribution in [2.45, 2.75) is 297 Å². The molecule has 0 aromatic carbocycles. The molecule has 0 radical (unpaired) electrons. The highest BCUT2D eigenvalue weighted by atomic mass is 16.6. The van der Waals surface area contributed by atoms with Gasteiger partial charge in [0.2, 0.25) is 5.91 Å². The Labute approximate surface area is 398 Å². The second-order valence-corrected chi connectivity index (χ2v) is 19.0. The van der Waals surface area contributed by atoms with Crippen LogP contribution in [-0.4, -0.2) is 50.2 Å². The lowest BCUT2D eigenvalue weighted by atomic mass is 10.0. The van der Waals surface area contributed by atoms with Gasteiger partial charge in [0.05, 0.1) is 13.1 Å². The molecule has 0 heterocycles. The van der Waals surface area contributed by atoms with Crippen LogP contribution in [0.4, 0.5) is 0 Å². The van der Waals surface area contributed by atoms with Crippen LogP contribution in [-0.2, 0) is 23.9 Å². The highest BCUT2D eigenvalue weighted by Crippen LogP contribution is 2.15. The van der Waals surface area contributed by atoms with Crippen molar-refractivity contribution in [2.75, 3.05) is 26.2 Å². The van der Waals surface area contributed by atoms with Gasteiger partial charge in [0.25, 0.3) is 0 Å². The van der Waals surface area contributed by atoms with Crippen LogP contribution in [0.5, 0.6) is 0 Å². The number of amides is 1. The summed E-state index contributed by atoms with van der Waals surface area (Å²) in [7, 11) is 0. The molecule has 7 heteroatoms. The van der Waals surface area contributed by atoms with Crippen molar-refractivity contribution in [3.63, 3.8) is 0 Å². The summed E-state index contributed by atoms with van der Waals surface area (Å²) in [6.45, 7) is 7.95. The highest BCUT2D eigenvalue weighted by molar-refractivity contribution is 5.78. The van der Waals surface area contributed by atoms with E-state index in [0.717, 1.165) is 64.3 Å². The first kappa shape index (κ1) is 61.9. The van der Waals surface area contributed by atoms with Gasteiger partial charge in [0.15, 0.2) is 6.10 Å². The first-order valence-electron chi connectivity index (χ1n) is 28.2. The summed E-state index contributed by atoms with van der Waals surface area (Å²) in [6.07, 6.45) is 59.4. The molecule has 0 saturated heterocycles. The zero-order valence-corrected chi connectivity index (χ0v) is 43.0. The third-order valence-corrected chi connectivity index (χ3v) is 12.5. The van der Waals surface area contributed by atoms with Crippen LogP contribution in [0.25, 0.3) is 0 Å². The van der Waals surface area contributed by atoms with Gasteiger partial charge in [-0.05, 0) is 77.2 Å². The molecule has 0 aliphatic rings. The molecule has 7 nitrogen and oxygen atoms in total. The maximum atomic E-state index is 12.8. The Morgan fingerprint density at radius 1 is 0.406 bits per heavy atom. The number of carbonyl (C=O) groups is 3. The molecule has 0 bridgehead atoms. The molecule has 0 rings (SSSR count). The zero-order valence-electron chi connectivity index (χ0n) is 43.0. The summed E-state index contributed by atoms with van der Waals surface area (Å²) in [5.74, 6) is -0.693. The summed E-state index contributed by atoms with van der Waals surface area (Å²) >= 11 is 0. The molecular weight excluding hydrogens is 793 g/mol. The Morgan fingerprint density at radius 2 is 0.734 bits per heavy atom. The molecule has 2 N–H and O–H groups in total. The van der Waals surface area contributed by atoms with E-state index in [2.05, 4.69) is 55.7 Å². The van der Waals surface area contributed by atoms with Gasteiger partial charge in [0.1, 0.15) is 6.61 Å². The number of hydrogen-bond acceptors (Lipinski definition) is 6. The normalized spacial score (nSPS) is 12.1. The minimum atomic E-state index is -0.691. The van der Waals surface area contributed by atoms with Gasteiger partial charge in [-0.1, -0.05) is 231 Å². The Hall–Kier alpha value is -2.15. The number of rotatable bonds is 52. The van der Waals surface area contributed by atoms with E-state index in [1.54, 1.807) is 0 Å². The fourth-order valence-corrected chi connectivity index (χ4v) is 8.25. The molecule has 0 aromatic rings. The molecule has 1 atom stereocenters. The molecule has 0 saturated carbocycles. The van der Waals surface area contributed by atoms with Gasteiger partial charge in [0, 0.05) is 12.8 Å². The molecule has 0 fully saturated rings. The zero-order chi connectivity index (χ0) is 46.5. The Kier molecular flexibility index (Phi) is 51.7. The van der Waals surface area contributed by atoms with Crippen LogP contribution < -0.4 is 10.6 Å². The van der Waals surface area contributed by atoms with Crippen LogP contribution in [0.3, 0.4) is 0 Å². The average molecular weight is 901 g/mol. The van der Waals surface area contributed by atoms with E-state index in [9.17, 15) is 14.4 Å². The van der Waals surface area contributed by atoms with E-state index < -0.39 is 6.10 Å². The van der Waals surface area contributed by atoms with E-state index in [-0.39, 0.29) is 37.5 Å². The Balaban J connectivity index is 4.35. The Bertz CT molecular complexity index is 1040. The van der Waals surface area contributed by atoms with Gasteiger partial charge >= 0.3 is 11.9 Å². The smallest absolute Gasteiger partial charge is 0.306 e. The number of hydrogen-bond donors (Lipinski definition) is 2. The SMILES string of the molecule is CCCCCCCC/C=C\CCCCCCCC(=O)OCC(CNC(=O)CNCCCCCCCCCCCCCCCC)OC(=O)CCCCCCC/C=C\CCCCCCCC. The van der Waals surface area contributed by atoms with Crippen molar-refractivity contribution >= 4 is 17.8 Å². The molecule has 0 spiro atoms. The summed E-state index contributed by atoms with van der Waals surface area (Å²) in [5.41, 5.74) is 0.